The van der Waals surface area contributed by atoms with Crippen LogP contribution in [0.2, 0.25) is 0 Å². The number of urea groups is 1. The minimum absolute atomic E-state index is 0.219. The van der Waals surface area contributed by atoms with Crippen molar-refractivity contribution in [1.29, 1.82) is 0 Å². The summed E-state index contributed by atoms with van der Waals surface area (Å²) in [6.45, 7) is 3.60. The van der Waals surface area contributed by atoms with Crippen molar-refractivity contribution in [2.24, 2.45) is 0 Å². The summed E-state index contributed by atoms with van der Waals surface area (Å²) in [5.41, 5.74) is 0.589. The van der Waals surface area contributed by atoms with Crippen LogP contribution in [0.5, 0.6) is 0 Å². The van der Waals surface area contributed by atoms with Gasteiger partial charge in [0, 0.05) is 0 Å². The molecule has 0 spiro atoms. The molecule has 6 heteroatoms. The van der Waals surface area contributed by atoms with E-state index in [0.717, 1.165) is 28.9 Å². The lowest BCUT2D eigenvalue weighted by Crippen LogP contribution is -2.45. The molecule has 0 aromatic heterocycles. The number of carbonyl (C=O) groups is 3. The first-order valence-electron chi connectivity index (χ1n) is 10.0. The minimum Gasteiger partial charge on any atom is -0.348 e. The van der Waals surface area contributed by atoms with E-state index in [1.54, 1.807) is 0 Å². The second-order valence-corrected chi connectivity index (χ2v) is 7.40. The number of unbranched alkanes of at least 4 members (excludes halogenated alkanes) is 1. The third-order valence-corrected chi connectivity index (χ3v) is 5.33. The van der Waals surface area contributed by atoms with Gasteiger partial charge in [-0.3, -0.25) is 14.5 Å². The maximum absolute atomic E-state index is 13.3. The van der Waals surface area contributed by atoms with Crippen LogP contribution in [-0.2, 0) is 15.1 Å². The number of nitrogens with zero attached hydrogens (tertiary/aromatic N) is 1. The summed E-state index contributed by atoms with van der Waals surface area (Å²) in [5, 5.41) is 5.73. The van der Waals surface area contributed by atoms with Gasteiger partial charge in [-0.2, -0.15) is 0 Å². The van der Waals surface area contributed by atoms with Crippen LogP contribution in [0.1, 0.15) is 50.3 Å². The zero-order valence-corrected chi connectivity index (χ0v) is 16.9. The predicted molar refractivity (Wildman–Crippen MR) is 111 cm³/mol. The van der Waals surface area contributed by atoms with Gasteiger partial charge in [0.25, 0.3) is 5.91 Å². The fourth-order valence-corrected chi connectivity index (χ4v) is 3.70. The fourth-order valence-electron chi connectivity index (χ4n) is 3.70. The fraction of sp³-hybridized carbons (Fsp3) is 0.348. The van der Waals surface area contributed by atoms with Crippen molar-refractivity contribution in [1.82, 2.24) is 15.5 Å². The van der Waals surface area contributed by atoms with Gasteiger partial charge < -0.3 is 10.6 Å². The van der Waals surface area contributed by atoms with E-state index in [1.807, 2.05) is 74.5 Å². The van der Waals surface area contributed by atoms with E-state index in [9.17, 15) is 14.4 Å². The highest BCUT2D eigenvalue weighted by molar-refractivity contribution is 6.09. The third-order valence-electron chi connectivity index (χ3n) is 5.33. The van der Waals surface area contributed by atoms with Gasteiger partial charge in [0.15, 0.2) is 0 Å². The van der Waals surface area contributed by atoms with Crippen LogP contribution in [0.4, 0.5) is 4.79 Å². The summed E-state index contributed by atoms with van der Waals surface area (Å²) in [6.07, 6.45) is 2.18. The quantitative estimate of drug-likeness (QED) is 0.674. The van der Waals surface area contributed by atoms with Gasteiger partial charge in [0.1, 0.15) is 12.1 Å². The molecule has 2 unspecified atom stereocenters. The molecule has 0 saturated carbocycles. The Morgan fingerprint density at radius 1 is 1.07 bits per heavy atom. The molecule has 1 heterocycles. The third kappa shape index (κ3) is 4.31. The number of imide groups is 1. The van der Waals surface area contributed by atoms with Crippen LogP contribution >= 0.6 is 0 Å². The van der Waals surface area contributed by atoms with E-state index < -0.39 is 11.6 Å². The van der Waals surface area contributed by atoms with Gasteiger partial charge in [0.05, 0.1) is 6.04 Å². The zero-order chi connectivity index (χ0) is 20.9. The molecule has 1 saturated heterocycles. The van der Waals surface area contributed by atoms with E-state index in [4.69, 9.17) is 0 Å². The minimum atomic E-state index is -1.11. The summed E-state index contributed by atoms with van der Waals surface area (Å²) in [7, 11) is 0. The lowest BCUT2D eigenvalue weighted by Gasteiger charge is -2.27. The highest BCUT2D eigenvalue weighted by Crippen LogP contribution is 2.34. The van der Waals surface area contributed by atoms with Crippen LogP contribution in [-0.4, -0.2) is 29.3 Å². The van der Waals surface area contributed by atoms with Crippen LogP contribution in [0, 0.1) is 0 Å². The molecule has 0 radical (unpaired) electrons. The van der Waals surface area contributed by atoms with Crippen molar-refractivity contribution >= 4 is 17.8 Å². The monoisotopic (exact) mass is 393 g/mol. The average molecular weight is 393 g/mol. The normalized spacial score (nSPS) is 19.7. The number of carbonyl (C=O) groups excluding carboxylic acids is 3. The van der Waals surface area contributed by atoms with Gasteiger partial charge in [-0.1, -0.05) is 80.4 Å². The summed E-state index contributed by atoms with van der Waals surface area (Å²) in [5.74, 6) is -0.742. The zero-order valence-electron chi connectivity index (χ0n) is 16.9. The molecule has 29 heavy (non-hydrogen) atoms. The van der Waals surface area contributed by atoms with E-state index in [-0.39, 0.29) is 24.4 Å². The second kappa shape index (κ2) is 8.90. The predicted octanol–water partition coefficient (Wildman–Crippen LogP) is 3.50. The molecule has 2 atom stereocenters. The van der Waals surface area contributed by atoms with Gasteiger partial charge in [-0.15, -0.1) is 0 Å². The molecule has 2 aromatic carbocycles. The van der Waals surface area contributed by atoms with Crippen LogP contribution in [0.25, 0.3) is 0 Å². The Morgan fingerprint density at radius 2 is 1.69 bits per heavy atom. The Bertz CT molecular complexity index is 869. The Morgan fingerprint density at radius 3 is 2.31 bits per heavy atom. The Balaban J connectivity index is 1.75. The molecule has 3 rings (SSSR count). The molecule has 2 aromatic rings. The molecule has 152 valence electrons. The number of rotatable bonds is 8. The van der Waals surface area contributed by atoms with Gasteiger partial charge in [-0.05, 0) is 24.5 Å². The standard InChI is InChI=1S/C23H27N3O3/c1-3-4-15-23(19-13-9-6-10-14-19)21(28)26(22(29)25-23)16-20(27)24-17(2)18-11-7-5-8-12-18/h5-14,17H,3-4,15-16H2,1-2H3,(H,24,27)(H,25,29). The summed E-state index contributed by atoms with van der Waals surface area (Å²) < 4.78 is 0. The van der Waals surface area contributed by atoms with Crippen LogP contribution in [0.15, 0.2) is 60.7 Å². The van der Waals surface area contributed by atoms with Gasteiger partial charge >= 0.3 is 6.03 Å². The van der Waals surface area contributed by atoms with Gasteiger partial charge in [0.2, 0.25) is 5.91 Å². The maximum Gasteiger partial charge on any atom is 0.325 e. The van der Waals surface area contributed by atoms with E-state index in [2.05, 4.69) is 10.6 Å². The Hall–Kier alpha value is -3.15. The molecular weight excluding hydrogens is 366 g/mol. The summed E-state index contributed by atoms with van der Waals surface area (Å²) >= 11 is 0. The lowest BCUT2D eigenvalue weighted by molar-refractivity contribution is -0.135. The van der Waals surface area contributed by atoms with Crippen LogP contribution in [0.3, 0.4) is 0 Å². The average Bonchev–Trinajstić information content (AvgIpc) is 2.98. The largest absolute Gasteiger partial charge is 0.348 e. The first-order valence-corrected chi connectivity index (χ1v) is 10.0. The number of hydrogen-bond acceptors (Lipinski definition) is 3. The smallest absolute Gasteiger partial charge is 0.325 e. The first kappa shape index (κ1) is 20.6. The number of amides is 4. The van der Waals surface area contributed by atoms with Crippen molar-refractivity contribution < 1.29 is 14.4 Å². The Labute approximate surface area is 171 Å². The molecule has 1 aliphatic heterocycles. The van der Waals surface area contributed by atoms with E-state index >= 15 is 0 Å². The molecule has 4 amide bonds. The lowest BCUT2D eigenvalue weighted by atomic mass is 9.85. The first-order chi connectivity index (χ1) is 14.0. The van der Waals surface area contributed by atoms with Crippen molar-refractivity contribution in [2.45, 2.75) is 44.7 Å². The molecule has 6 nitrogen and oxygen atoms in total. The van der Waals surface area contributed by atoms with Crippen molar-refractivity contribution in [2.75, 3.05) is 6.54 Å². The number of nitrogens with one attached hydrogen (secondary N) is 2. The highest BCUT2D eigenvalue weighted by Gasteiger charge is 2.52. The summed E-state index contributed by atoms with van der Waals surface area (Å²) in [4.78, 5) is 39.5. The Kier molecular flexibility index (Phi) is 6.32. The van der Waals surface area contributed by atoms with Gasteiger partial charge in [-0.25, -0.2) is 4.79 Å². The number of benzene rings is 2. The second-order valence-electron chi connectivity index (χ2n) is 7.40. The number of hydrogen-bond donors (Lipinski definition) is 2. The van der Waals surface area contributed by atoms with Crippen molar-refractivity contribution in [3.05, 3.63) is 71.8 Å². The molecular formula is C23H27N3O3. The topological polar surface area (TPSA) is 78.5 Å². The van der Waals surface area contributed by atoms with Crippen LogP contribution < -0.4 is 10.6 Å². The van der Waals surface area contributed by atoms with E-state index in [0.29, 0.717) is 6.42 Å². The van der Waals surface area contributed by atoms with Crippen molar-refractivity contribution in [3.63, 3.8) is 0 Å². The SMILES string of the molecule is CCCCC1(c2ccccc2)NC(=O)N(CC(=O)NC(C)c2ccccc2)C1=O. The molecule has 2 N–H and O–H groups in total. The molecule has 0 bridgehead atoms. The van der Waals surface area contributed by atoms with E-state index in [1.165, 1.54) is 0 Å². The summed E-state index contributed by atoms with van der Waals surface area (Å²) in [6, 6.07) is 18.0. The molecule has 1 fully saturated rings. The van der Waals surface area contributed by atoms with Crippen molar-refractivity contribution in [3.8, 4) is 0 Å². The highest BCUT2D eigenvalue weighted by atomic mass is 16.2. The molecule has 1 aliphatic rings. The maximum atomic E-state index is 13.3. The molecule has 0 aliphatic carbocycles.